The summed E-state index contributed by atoms with van der Waals surface area (Å²) in [5.41, 5.74) is 1.24. The lowest BCUT2D eigenvalue weighted by Gasteiger charge is -2.26. The maximum absolute atomic E-state index is 10.6. The van der Waals surface area contributed by atoms with E-state index in [1.54, 1.807) is 6.20 Å². The van der Waals surface area contributed by atoms with Gasteiger partial charge in [-0.1, -0.05) is 6.07 Å². The fourth-order valence-corrected chi connectivity index (χ4v) is 2.78. The number of carboxylic acid groups (broad SMARTS) is 2. The number of hydrogen-bond acceptors (Lipinski definition) is 5. The molecule has 176 valence electrons. The molecule has 7 nitrogen and oxygen atoms in total. The maximum Gasteiger partial charge on any atom is 0.490 e. The number of aliphatic hydroxyl groups excluding tert-OH is 1. The van der Waals surface area contributed by atoms with Crippen molar-refractivity contribution in [1.29, 1.82) is 0 Å². The third-order valence-corrected chi connectivity index (χ3v) is 4.47. The summed E-state index contributed by atoms with van der Waals surface area (Å²) < 4.78 is 63.5. The number of rotatable bonds is 4. The molecule has 2 atom stereocenters. The Balaban J connectivity index is 0.000000288. The molecular weight excluding hydrogens is 438 g/mol. The zero-order chi connectivity index (χ0) is 23.8. The second-order valence-corrected chi connectivity index (χ2v) is 7.03. The second kappa shape index (κ2) is 11.3. The monoisotopic (exact) mass is 460 g/mol. The van der Waals surface area contributed by atoms with Gasteiger partial charge in [-0.3, -0.25) is 9.88 Å². The average Bonchev–Trinajstić information content (AvgIpc) is 3.41. The minimum absolute atomic E-state index is 0.158. The Bertz CT molecular complexity index is 686. The molecule has 0 amide bonds. The van der Waals surface area contributed by atoms with E-state index in [1.165, 1.54) is 24.9 Å². The highest BCUT2D eigenvalue weighted by atomic mass is 19.4. The van der Waals surface area contributed by atoms with E-state index in [0.717, 1.165) is 25.3 Å². The topological polar surface area (TPSA) is 111 Å². The van der Waals surface area contributed by atoms with Crippen molar-refractivity contribution in [3.63, 3.8) is 0 Å². The van der Waals surface area contributed by atoms with Crippen molar-refractivity contribution in [2.45, 2.75) is 50.2 Å². The fraction of sp³-hybridized carbons (Fsp3) is 0.611. The van der Waals surface area contributed by atoms with Crippen LogP contribution in [0.5, 0.6) is 0 Å². The number of likely N-dealkylation sites (tertiary alicyclic amines) is 1. The molecule has 0 radical (unpaired) electrons. The van der Waals surface area contributed by atoms with Crippen LogP contribution >= 0.6 is 0 Å². The van der Waals surface area contributed by atoms with E-state index in [-0.39, 0.29) is 6.10 Å². The van der Waals surface area contributed by atoms with Crippen molar-refractivity contribution in [3.05, 3.63) is 30.1 Å². The number of aliphatic carboxylic acids is 2. The SMILES string of the molecule is O=C(O)C(F)(F)F.O=C(O)C(F)(F)F.O[C@H]1CCN(CC2CC2)[C@H]1Cc1cccnc1. The number of aromatic nitrogens is 1. The van der Waals surface area contributed by atoms with E-state index in [9.17, 15) is 31.4 Å². The quantitative estimate of drug-likeness (QED) is 0.593. The molecule has 13 heteroatoms. The molecule has 1 aliphatic carbocycles. The number of alkyl halides is 6. The molecule has 3 rings (SSSR count). The summed E-state index contributed by atoms with van der Waals surface area (Å²) in [7, 11) is 0. The summed E-state index contributed by atoms with van der Waals surface area (Å²) in [6.07, 6.45) is -1.98. The van der Waals surface area contributed by atoms with Gasteiger partial charge < -0.3 is 15.3 Å². The zero-order valence-electron chi connectivity index (χ0n) is 16.1. The summed E-state index contributed by atoms with van der Waals surface area (Å²) in [6, 6.07) is 4.38. The first-order chi connectivity index (χ1) is 14.2. The van der Waals surface area contributed by atoms with Gasteiger partial charge in [-0.05, 0) is 43.2 Å². The molecule has 1 saturated carbocycles. The largest absolute Gasteiger partial charge is 0.490 e. The third-order valence-electron chi connectivity index (χ3n) is 4.47. The summed E-state index contributed by atoms with van der Waals surface area (Å²) in [5.74, 6) is -4.61. The van der Waals surface area contributed by atoms with Crippen LogP contribution in [0.4, 0.5) is 26.3 Å². The Morgan fingerprint density at radius 1 is 1.03 bits per heavy atom. The molecule has 2 fully saturated rings. The van der Waals surface area contributed by atoms with Crippen LogP contribution in [-0.2, 0) is 16.0 Å². The van der Waals surface area contributed by atoms with Crippen LogP contribution in [0.2, 0.25) is 0 Å². The Kier molecular flexibility index (Phi) is 9.69. The van der Waals surface area contributed by atoms with Gasteiger partial charge in [-0.25, -0.2) is 9.59 Å². The van der Waals surface area contributed by atoms with Crippen LogP contribution in [0.1, 0.15) is 24.8 Å². The minimum atomic E-state index is -5.08. The number of nitrogens with zero attached hydrogens (tertiary/aromatic N) is 2. The van der Waals surface area contributed by atoms with Gasteiger partial charge in [-0.2, -0.15) is 26.3 Å². The third kappa shape index (κ3) is 10.4. The van der Waals surface area contributed by atoms with Crippen molar-refractivity contribution in [2.24, 2.45) is 5.92 Å². The predicted molar refractivity (Wildman–Crippen MR) is 94.0 cm³/mol. The first kappa shape index (κ1) is 26.6. The first-order valence-corrected chi connectivity index (χ1v) is 9.13. The Morgan fingerprint density at radius 2 is 1.55 bits per heavy atom. The predicted octanol–water partition coefficient (Wildman–Crippen LogP) is 2.74. The van der Waals surface area contributed by atoms with E-state index in [4.69, 9.17) is 19.8 Å². The van der Waals surface area contributed by atoms with E-state index in [2.05, 4.69) is 16.0 Å². The van der Waals surface area contributed by atoms with E-state index in [1.807, 2.05) is 12.3 Å². The summed E-state index contributed by atoms with van der Waals surface area (Å²) in [4.78, 5) is 24.4. The van der Waals surface area contributed by atoms with E-state index < -0.39 is 24.3 Å². The van der Waals surface area contributed by atoms with Crippen molar-refractivity contribution in [3.8, 4) is 0 Å². The zero-order valence-corrected chi connectivity index (χ0v) is 16.1. The van der Waals surface area contributed by atoms with Crippen molar-refractivity contribution in [1.82, 2.24) is 9.88 Å². The highest BCUT2D eigenvalue weighted by molar-refractivity contribution is 5.73. The van der Waals surface area contributed by atoms with Gasteiger partial charge in [0, 0.05) is 31.5 Å². The smallest absolute Gasteiger partial charge is 0.475 e. The van der Waals surface area contributed by atoms with Gasteiger partial charge in [-0.15, -0.1) is 0 Å². The molecule has 1 aromatic rings. The molecule has 0 spiro atoms. The number of halogens is 6. The van der Waals surface area contributed by atoms with Crippen LogP contribution < -0.4 is 0 Å². The standard InChI is InChI=1S/C14H20N2O.2C2HF3O2/c17-14-5-7-16(10-11-3-4-11)13(14)8-12-2-1-6-15-9-12;2*3-2(4,5)1(6)7/h1-2,6,9,11,13-14,17H,3-5,7-8,10H2;2*(H,6,7)/t13-,14-;;/m0../s1. The van der Waals surface area contributed by atoms with Crippen LogP contribution in [0.3, 0.4) is 0 Å². The molecule has 2 heterocycles. The highest BCUT2D eigenvalue weighted by Gasteiger charge is 2.39. The van der Waals surface area contributed by atoms with Crippen LogP contribution in [0.25, 0.3) is 0 Å². The number of carbonyl (C=O) groups is 2. The summed E-state index contributed by atoms with van der Waals surface area (Å²) in [5, 5.41) is 24.3. The van der Waals surface area contributed by atoms with Gasteiger partial charge in [0.05, 0.1) is 6.10 Å². The van der Waals surface area contributed by atoms with Gasteiger partial charge in [0.1, 0.15) is 0 Å². The number of carboxylic acids is 2. The molecule has 2 aliphatic rings. The summed E-state index contributed by atoms with van der Waals surface area (Å²) >= 11 is 0. The van der Waals surface area contributed by atoms with Crippen LogP contribution in [-0.4, -0.2) is 74.7 Å². The Hall–Kier alpha value is -2.41. The van der Waals surface area contributed by atoms with Gasteiger partial charge >= 0.3 is 24.3 Å². The lowest BCUT2D eigenvalue weighted by Crippen LogP contribution is -2.38. The Morgan fingerprint density at radius 3 is 1.94 bits per heavy atom. The average molecular weight is 460 g/mol. The number of aliphatic hydroxyl groups is 1. The second-order valence-electron chi connectivity index (χ2n) is 7.03. The molecule has 3 N–H and O–H groups in total. The van der Waals surface area contributed by atoms with Crippen molar-refractivity contribution in [2.75, 3.05) is 13.1 Å². The summed E-state index contributed by atoms with van der Waals surface area (Å²) in [6.45, 7) is 2.24. The van der Waals surface area contributed by atoms with Gasteiger partial charge in [0.2, 0.25) is 0 Å². The Labute approximate surface area is 173 Å². The fourth-order valence-electron chi connectivity index (χ4n) is 2.78. The van der Waals surface area contributed by atoms with Crippen molar-refractivity contribution >= 4 is 11.9 Å². The maximum atomic E-state index is 10.6. The molecule has 1 aliphatic heterocycles. The highest BCUT2D eigenvalue weighted by Crippen LogP contribution is 2.33. The van der Waals surface area contributed by atoms with Crippen LogP contribution in [0, 0.1) is 5.92 Å². The molecule has 31 heavy (non-hydrogen) atoms. The molecule has 1 saturated heterocycles. The molecule has 0 unspecified atom stereocenters. The molecule has 0 bridgehead atoms. The van der Waals surface area contributed by atoms with Crippen LogP contribution in [0.15, 0.2) is 24.5 Å². The van der Waals surface area contributed by atoms with E-state index >= 15 is 0 Å². The normalized spacial score (nSPS) is 21.4. The van der Waals surface area contributed by atoms with Gasteiger partial charge in [0.15, 0.2) is 0 Å². The first-order valence-electron chi connectivity index (χ1n) is 9.13. The lowest BCUT2D eigenvalue weighted by molar-refractivity contribution is -0.193. The van der Waals surface area contributed by atoms with E-state index in [0.29, 0.717) is 6.04 Å². The number of pyridine rings is 1. The molecule has 1 aromatic heterocycles. The molecular formula is C18H22F6N2O5. The number of hydrogen-bond donors (Lipinski definition) is 3. The minimum Gasteiger partial charge on any atom is -0.475 e. The lowest BCUT2D eigenvalue weighted by atomic mass is 10.0. The van der Waals surface area contributed by atoms with Gasteiger partial charge in [0.25, 0.3) is 0 Å². The van der Waals surface area contributed by atoms with Crippen molar-refractivity contribution < 1.29 is 51.3 Å². The molecule has 0 aromatic carbocycles.